The van der Waals surface area contributed by atoms with Gasteiger partial charge in [-0.25, -0.2) is 8.42 Å². The van der Waals surface area contributed by atoms with Gasteiger partial charge in [-0.1, -0.05) is 30.0 Å². The number of carbonyl (C=O) groups is 1. The van der Waals surface area contributed by atoms with Crippen LogP contribution in [0.5, 0.6) is 0 Å². The van der Waals surface area contributed by atoms with E-state index >= 15 is 0 Å². The van der Waals surface area contributed by atoms with Crippen molar-refractivity contribution in [1.82, 2.24) is 9.71 Å². The molecule has 31 heavy (non-hydrogen) atoms. The molecule has 0 unspecified atom stereocenters. The minimum absolute atomic E-state index is 0.0170. The molecular formula is C24H23N3O3S. The maximum Gasteiger partial charge on any atom is 0.243 e. The predicted octanol–water partition coefficient (Wildman–Crippen LogP) is 3.39. The zero-order chi connectivity index (χ0) is 21.8. The van der Waals surface area contributed by atoms with Gasteiger partial charge in [0.05, 0.1) is 12.1 Å². The number of nitrogens with zero attached hydrogens (tertiary/aromatic N) is 2. The lowest BCUT2D eigenvalue weighted by atomic mass is 10.1. The smallest absolute Gasteiger partial charge is 0.243 e. The lowest BCUT2D eigenvalue weighted by Gasteiger charge is -2.26. The third-order valence-corrected chi connectivity index (χ3v) is 6.63. The number of aromatic nitrogens is 1. The molecule has 6 nitrogen and oxygen atoms in total. The summed E-state index contributed by atoms with van der Waals surface area (Å²) in [4.78, 5) is 18.4. The molecular weight excluding hydrogens is 410 g/mol. The van der Waals surface area contributed by atoms with Crippen molar-refractivity contribution in [1.29, 1.82) is 0 Å². The summed E-state index contributed by atoms with van der Waals surface area (Å²) in [6.07, 6.45) is 2.55. The molecule has 158 valence electrons. The molecule has 4 rings (SSSR count). The van der Waals surface area contributed by atoms with Gasteiger partial charge in [-0.05, 0) is 56.2 Å². The second-order valence-electron chi connectivity index (χ2n) is 7.46. The summed E-state index contributed by atoms with van der Waals surface area (Å²) in [5.41, 5.74) is 2.83. The Hall–Kier alpha value is -3.21. The lowest BCUT2D eigenvalue weighted by Crippen LogP contribution is -2.35. The number of anilines is 1. The van der Waals surface area contributed by atoms with Crippen molar-refractivity contribution in [2.24, 2.45) is 0 Å². The van der Waals surface area contributed by atoms with Crippen LogP contribution in [-0.4, -0.2) is 32.4 Å². The van der Waals surface area contributed by atoms with E-state index in [9.17, 15) is 13.2 Å². The van der Waals surface area contributed by atoms with Gasteiger partial charge < -0.3 is 4.90 Å². The first-order chi connectivity index (χ1) is 14.9. The van der Waals surface area contributed by atoms with Crippen LogP contribution in [0.4, 0.5) is 5.69 Å². The van der Waals surface area contributed by atoms with E-state index in [1.165, 1.54) is 0 Å². The summed E-state index contributed by atoms with van der Waals surface area (Å²) in [5.74, 6) is 5.96. The van der Waals surface area contributed by atoms with E-state index in [1.807, 2.05) is 49.4 Å². The minimum Gasteiger partial charge on any atom is -0.312 e. The first-order valence-electron chi connectivity index (χ1n) is 10.2. The number of carbonyl (C=O) groups excluding carboxylic acids is 1. The first kappa shape index (κ1) is 21.0. The molecule has 0 radical (unpaired) electrons. The fraction of sp³-hybridized carbons (Fsp3) is 0.250. The van der Waals surface area contributed by atoms with Crippen LogP contribution in [-0.2, 0) is 14.8 Å². The van der Waals surface area contributed by atoms with Gasteiger partial charge >= 0.3 is 0 Å². The van der Waals surface area contributed by atoms with Crippen molar-refractivity contribution >= 4 is 32.5 Å². The molecule has 0 saturated carbocycles. The largest absolute Gasteiger partial charge is 0.312 e. The molecule has 1 fully saturated rings. The zero-order valence-corrected chi connectivity index (χ0v) is 18.1. The van der Waals surface area contributed by atoms with Gasteiger partial charge in [0, 0.05) is 35.3 Å². The van der Waals surface area contributed by atoms with Crippen molar-refractivity contribution in [2.75, 3.05) is 18.0 Å². The number of hydrogen-bond acceptors (Lipinski definition) is 4. The average molecular weight is 434 g/mol. The summed E-state index contributed by atoms with van der Waals surface area (Å²) >= 11 is 0. The molecule has 2 aromatic carbocycles. The number of piperidine rings is 1. The standard InChI is InChI=1S/C24H23N3O3S/c1-18-10-13-20-7-4-8-22(24(20)26-18)31(29,30)25-16-5-6-19-11-14-21(15-12-19)27-17-3-2-9-23(27)28/h4,7-8,10-15,25H,2-3,9,16-17H2,1H3. The fourth-order valence-corrected chi connectivity index (χ4v) is 4.69. The summed E-state index contributed by atoms with van der Waals surface area (Å²) in [6, 6.07) is 16.2. The maximum absolute atomic E-state index is 12.8. The van der Waals surface area contributed by atoms with Crippen LogP contribution in [0, 0.1) is 18.8 Å². The fourth-order valence-electron chi connectivity index (χ4n) is 3.59. The Bertz CT molecular complexity index is 1290. The van der Waals surface area contributed by atoms with E-state index < -0.39 is 10.0 Å². The van der Waals surface area contributed by atoms with Gasteiger partial charge in [0.1, 0.15) is 4.90 Å². The van der Waals surface area contributed by atoms with Crippen LogP contribution in [0.3, 0.4) is 0 Å². The Morgan fingerprint density at radius 2 is 1.87 bits per heavy atom. The Morgan fingerprint density at radius 1 is 1.06 bits per heavy atom. The second-order valence-corrected chi connectivity index (χ2v) is 9.19. The van der Waals surface area contributed by atoms with Crippen molar-refractivity contribution < 1.29 is 13.2 Å². The van der Waals surface area contributed by atoms with Crippen molar-refractivity contribution in [3.05, 3.63) is 65.9 Å². The molecule has 0 bridgehead atoms. The molecule has 0 aliphatic carbocycles. The normalized spacial score (nSPS) is 14.4. The topological polar surface area (TPSA) is 79.4 Å². The summed E-state index contributed by atoms with van der Waals surface area (Å²) in [6.45, 7) is 2.55. The Kier molecular flexibility index (Phi) is 6.03. The number of aryl methyl sites for hydroxylation is 1. The summed E-state index contributed by atoms with van der Waals surface area (Å²) in [5, 5.41) is 0.770. The van der Waals surface area contributed by atoms with Crippen LogP contribution in [0.15, 0.2) is 59.5 Å². The van der Waals surface area contributed by atoms with E-state index in [4.69, 9.17) is 0 Å². The predicted molar refractivity (Wildman–Crippen MR) is 121 cm³/mol. The average Bonchev–Trinajstić information content (AvgIpc) is 2.77. The van der Waals surface area contributed by atoms with Crippen molar-refractivity contribution in [3.63, 3.8) is 0 Å². The number of amides is 1. The molecule has 1 aromatic heterocycles. The number of fused-ring (bicyclic) bond motifs is 1. The molecule has 7 heteroatoms. The quantitative estimate of drug-likeness (QED) is 0.640. The molecule has 2 heterocycles. The van der Waals surface area contributed by atoms with Gasteiger partial charge in [-0.3, -0.25) is 9.78 Å². The van der Waals surface area contributed by atoms with Crippen LogP contribution in [0.1, 0.15) is 30.5 Å². The van der Waals surface area contributed by atoms with Crippen LogP contribution in [0.25, 0.3) is 10.9 Å². The SMILES string of the molecule is Cc1ccc2cccc(S(=O)(=O)NCC#Cc3ccc(N4CCCCC4=O)cc3)c2n1. The van der Waals surface area contributed by atoms with Crippen molar-refractivity contribution in [2.45, 2.75) is 31.1 Å². The van der Waals surface area contributed by atoms with Crippen LogP contribution >= 0.6 is 0 Å². The van der Waals surface area contributed by atoms with E-state index in [0.29, 0.717) is 11.9 Å². The molecule has 1 saturated heterocycles. The van der Waals surface area contributed by atoms with Gasteiger partial charge in [0.15, 0.2) is 0 Å². The maximum atomic E-state index is 12.8. The Morgan fingerprint density at radius 3 is 2.65 bits per heavy atom. The van der Waals surface area contributed by atoms with Gasteiger partial charge in [0.25, 0.3) is 0 Å². The lowest BCUT2D eigenvalue weighted by molar-refractivity contribution is -0.119. The number of rotatable bonds is 4. The second kappa shape index (κ2) is 8.88. The van der Waals surface area contributed by atoms with Gasteiger partial charge in [0.2, 0.25) is 15.9 Å². The number of sulfonamides is 1. The highest BCUT2D eigenvalue weighted by atomic mass is 32.2. The van der Waals surface area contributed by atoms with E-state index in [2.05, 4.69) is 21.5 Å². The molecule has 0 atom stereocenters. The first-order valence-corrected chi connectivity index (χ1v) is 11.7. The molecule has 0 spiro atoms. The summed E-state index contributed by atoms with van der Waals surface area (Å²) < 4.78 is 28.1. The third-order valence-electron chi connectivity index (χ3n) is 5.20. The Labute approximate surface area is 182 Å². The van der Waals surface area contributed by atoms with E-state index in [0.717, 1.165) is 41.7 Å². The molecule has 1 aliphatic heterocycles. The number of pyridine rings is 1. The number of benzene rings is 2. The van der Waals surface area contributed by atoms with Gasteiger partial charge in [-0.2, -0.15) is 4.72 Å². The highest BCUT2D eigenvalue weighted by molar-refractivity contribution is 7.89. The minimum atomic E-state index is -3.74. The summed E-state index contributed by atoms with van der Waals surface area (Å²) in [7, 11) is -3.74. The monoisotopic (exact) mass is 433 g/mol. The molecule has 3 aromatic rings. The Balaban J connectivity index is 1.44. The number of para-hydroxylation sites is 1. The third kappa shape index (κ3) is 4.76. The molecule has 1 aliphatic rings. The van der Waals surface area contributed by atoms with Gasteiger partial charge in [-0.15, -0.1) is 0 Å². The van der Waals surface area contributed by atoms with Crippen LogP contribution in [0.2, 0.25) is 0 Å². The number of nitrogens with one attached hydrogen (secondary N) is 1. The van der Waals surface area contributed by atoms with Crippen molar-refractivity contribution in [3.8, 4) is 11.8 Å². The zero-order valence-electron chi connectivity index (χ0n) is 17.3. The van der Waals surface area contributed by atoms with E-state index in [-0.39, 0.29) is 17.3 Å². The van der Waals surface area contributed by atoms with Crippen LogP contribution < -0.4 is 9.62 Å². The van der Waals surface area contributed by atoms with E-state index in [1.54, 1.807) is 17.0 Å². The highest BCUT2D eigenvalue weighted by Crippen LogP contribution is 2.22. The molecule has 1 amide bonds. The highest BCUT2D eigenvalue weighted by Gasteiger charge is 2.19. The number of hydrogen-bond donors (Lipinski definition) is 1. The molecule has 1 N–H and O–H groups in total.